The van der Waals surface area contributed by atoms with Crippen molar-refractivity contribution >= 4 is 12.1 Å². The number of guanidine groups is 1. The number of nitrogens with zero attached hydrogens (tertiary/aromatic N) is 1. The van der Waals surface area contributed by atoms with Crippen LogP contribution < -0.4 is 16.0 Å². The molecule has 0 spiro atoms. The van der Waals surface area contributed by atoms with Crippen LogP contribution in [0, 0.1) is 12.8 Å². The van der Waals surface area contributed by atoms with Crippen LogP contribution in [-0.4, -0.2) is 50.9 Å². The number of hydrogen-bond acceptors (Lipinski definition) is 4. The molecule has 1 amide bonds. The highest BCUT2D eigenvalue weighted by molar-refractivity contribution is 5.79. The van der Waals surface area contributed by atoms with Crippen LogP contribution in [-0.2, 0) is 9.47 Å². The first kappa shape index (κ1) is 24.0. The second-order valence-electron chi connectivity index (χ2n) is 8.77. The summed E-state index contributed by atoms with van der Waals surface area (Å²) in [5.74, 6) is 1.16. The van der Waals surface area contributed by atoms with Crippen molar-refractivity contribution in [3.8, 4) is 0 Å². The Morgan fingerprint density at radius 2 is 1.87 bits per heavy atom. The molecular weight excluding hydrogens is 380 g/mol. The molecule has 1 aliphatic heterocycles. The van der Waals surface area contributed by atoms with Gasteiger partial charge in [0.25, 0.3) is 0 Å². The highest BCUT2D eigenvalue weighted by Gasteiger charge is 2.27. The lowest BCUT2D eigenvalue weighted by Gasteiger charge is -2.32. The number of benzene rings is 1. The van der Waals surface area contributed by atoms with Gasteiger partial charge >= 0.3 is 6.09 Å². The lowest BCUT2D eigenvalue weighted by atomic mass is 9.89. The maximum absolute atomic E-state index is 11.7. The van der Waals surface area contributed by atoms with Gasteiger partial charge in [0.15, 0.2) is 5.96 Å². The van der Waals surface area contributed by atoms with Crippen molar-refractivity contribution in [2.45, 2.75) is 58.7 Å². The molecule has 2 unspecified atom stereocenters. The van der Waals surface area contributed by atoms with Gasteiger partial charge in [-0.2, -0.15) is 0 Å². The normalized spacial score (nSPS) is 19.8. The van der Waals surface area contributed by atoms with Crippen molar-refractivity contribution in [2.75, 3.05) is 33.3 Å². The van der Waals surface area contributed by atoms with E-state index in [2.05, 4.69) is 52.1 Å². The van der Waals surface area contributed by atoms with E-state index in [0.717, 1.165) is 38.4 Å². The van der Waals surface area contributed by atoms with Crippen LogP contribution in [0.1, 0.15) is 57.3 Å². The fraction of sp³-hybridized carbons (Fsp3) is 0.652. The maximum Gasteiger partial charge on any atom is 0.407 e. The van der Waals surface area contributed by atoms with Crippen LogP contribution in [0.25, 0.3) is 0 Å². The van der Waals surface area contributed by atoms with Gasteiger partial charge in [-0.05, 0) is 52.5 Å². The molecule has 0 radical (unpaired) electrons. The Labute approximate surface area is 181 Å². The number of carbonyl (C=O) groups excluding carboxylic acids is 1. The van der Waals surface area contributed by atoms with Crippen molar-refractivity contribution in [1.29, 1.82) is 0 Å². The number of nitrogens with one attached hydrogen (secondary N) is 3. The molecule has 1 aromatic rings. The largest absolute Gasteiger partial charge is 0.444 e. The molecule has 1 aliphatic rings. The van der Waals surface area contributed by atoms with Gasteiger partial charge in [0.05, 0.1) is 6.10 Å². The van der Waals surface area contributed by atoms with Crippen molar-refractivity contribution < 1.29 is 14.3 Å². The Morgan fingerprint density at radius 1 is 1.17 bits per heavy atom. The van der Waals surface area contributed by atoms with Crippen molar-refractivity contribution in [3.05, 3.63) is 35.4 Å². The van der Waals surface area contributed by atoms with Crippen molar-refractivity contribution in [2.24, 2.45) is 10.9 Å². The van der Waals surface area contributed by atoms with E-state index in [0.29, 0.717) is 19.0 Å². The molecule has 1 heterocycles. The molecule has 168 valence electrons. The molecule has 3 N–H and O–H groups in total. The number of aryl methyl sites for hydroxylation is 1. The smallest absolute Gasteiger partial charge is 0.407 e. The zero-order valence-corrected chi connectivity index (χ0v) is 19.1. The van der Waals surface area contributed by atoms with E-state index in [1.54, 1.807) is 7.05 Å². The first-order chi connectivity index (χ1) is 14.3. The van der Waals surface area contributed by atoms with Gasteiger partial charge in [0.2, 0.25) is 0 Å². The fourth-order valence-corrected chi connectivity index (χ4v) is 3.43. The fourth-order valence-electron chi connectivity index (χ4n) is 3.43. The monoisotopic (exact) mass is 418 g/mol. The highest BCUT2D eigenvalue weighted by Crippen LogP contribution is 2.33. The minimum absolute atomic E-state index is 0.114. The van der Waals surface area contributed by atoms with Gasteiger partial charge in [0, 0.05) is 39.2 Å². The van der Waals surface area contributed by atoms with E-state index in [1.165, 1.54) is 11.1 Å². The number of rotatable bonds is 7. The molecule has 1 aromatic carbocycles. The van der Waals surface area contributed by atoms with Gasteiger partial charge in [0.1, 0.15) is 5.60 Å². The molecule has 1 saturated heterocycles. The molecule has 0 saturated carbocycles. The van der Waals surface area contributed by atoms with E-state index in [-0.39, 0.29) is 12.2 Å². The molecule has 2 rings (SSSR count). The predicted octanol–water partition coefficient (Wildman–Crippen LogP) is 3.54. The summed E-state index contributed by atoms with van der Waals surface area (Å²) in [5.41, 5.74) is 2.02. The minimum atomic E-state index is -0.479. The molecule has 0 bridgehead atoms. The third-order valence-corrected chi connectivity index (χ3v) is 4.92. The van der Waals surface area contributed by atoms with Gasteiger partial charge < -0.3 is 25.4 Å². The minimum Gasteiger partial charge on any atom is -0.444 e. The summed E-state index contributed by atoms with van der Waals surface area (Å²) in [7, 11) is 1.77. The topological polar surface area (TPSA) is 84.0 Å². The van der Waals surface area contributed by atoms with E-state index >= 15 is 0 Å². The van der Waals surface area contributed by atoms with Gasteiger partial charge in [-0.3, -0.25) is 4.99 Å². The molecule has 0 aromatic heterocycles. The van der Waals surface area contributed by atoms with Gasteiger partial charge in [-0.1, -0.05) is 29.8 Å². The third-order valence-electron chi connectivity index (χ3n) is 4.92. The summed E-state index contributed by atoms with van der Waals surface area (Å²) >= 11 is 0. The predicted molar refractivity (Wildman–Crippen MR) is 121 cm³/mol. The number of alkyl carbamates (subject to hydrolysis) is 1. The Bertz CT molecular complexity index is 683. The van der Waals surface area contributed by atoms with Gasteiger partial charge in [-0.15, -0.1) is 0 Å². The molecular formula is C23H38N4O3. The second kappa shape index (κ2) is 11.8. The Hall–Kier alpha value is -2.28. The second-order valence-corrected chi connectivity index (χ2v) is 8.77. The summed E-state index contributed by atoms with van der Waals surface area (Å²) in [4.78, 5) is 16.0. The highest BCUT2D eigenvalue weighted by atomic mass is 16.6. The van der Waals surface area contributed by atoms with Crippen LogP contribution in [0.4, 0.5) is 4.79 Å². The Balaban J connectivity index is 1.72. The van der Waals surface area contributed by atoms with E-state index in [1.807, 2.05) is 20.8 Å². The number of amides is 1. The van der Waals surface area contributed by atoms with Crippen LogP contribution in [0.3, 0.4) is 0 Å². The molecule has 2 atom stereocenters. The zero-order valence-electron chi connectivity index (χ0n) is 19.1. The number of aliphatic imine (C=N–C) groups is 1. The van der Waals surface area contributed by atoms with Crippen LogP contribution in [0.5, 0.6) is 0 Å². The van der Waals surface area contributed by atoms with E-state index in [4.69, 9.17) is 9.47 Å². The van der Waals surface area contributed by atoms with Crippen molar-refractivity contribution in [1.82, 2.24) is 16.0 Å². The Kier molecular flexibility index (Phi) is 9.43. The first-order valence-electron chi connectivity index (χ1n) is 10.9. The lowest BCUT2D eigenvalue weighted by Crippen LogP contribution is -2.42. The summed E-state index contributed by atoms with van der Waals surface area (Å²) in [6, 6.07) is 8.62. The number of ether oxygens (including phenoxy) is 2. The van der Waals surface area contributed by atoms with E-state index in [9.17, 15) is 4.79 Å². The zero-order chi connectivity index (χ0) is 22.0. The number of carbonyl (C=O) groups is 1. The summed E-state index contributed by atoms with van der Waals surface area (Å²) in [5, 5.41) is 9.49. The quantitative estimate of drug-likeness (QED) is 0.358. The average molecular weight is 419 g/mol. The SMILES string of the molecule is CN=C(NCCCNC(=O)OC(C)(C)C)NCC1CCCOC1c1ccc(C)cc1. The molecule has 30 heavy (non-hydrogen) atoms. The molecule has 1 fully saturated rings. The third kappa shape index (κ3) is 8.61. The average Bonchev–Trinajstić information content (AvgIpc) is 2.69. The molecule has 0 aliphatic carbocycles. The summed E-state index contributed by atoms with van der Waals surface area (Å²) < 4.78 is 11.3. The summed E-state index contributed by atoms with van der Waals surface area (Å²) in [6.45, 7) is 10.5. The first-order valence-corrected chi connectivity index (χ1v) is 10.9. The van der Waals surface area contributed by atoms with Gasteiger partial charge in [-0.25, -0.2) is 4.79 Å². The number of hydrogen-bond donors (Lipinski definition) is 3. The van der Waals surface area contributed by atoms with Crippen LogP contribution in [0.15, 0.2) is 29.3 Å². The standard InChI is InChI=1S/C23H38N4O3/c1-17-9-11-18(12-10-17)20-19(8-6-15-29-20)16-27-21(24-5)25-13-7-14-26-22(28)30-23(2,3)4/h9-12,19-20H,6-8,13-16H2,1-5H3,(H,26,28)(H2,24,25,27). The Morgan fingerprint density at radius 3 is 2.53 bits per heavy atom. The van der Waals surface area contributed by atoms with Crippen LogP contribution >= 0.6 is 0 Å². The maximum atomic E-state index is 11.7. The van der Waals surface area contributed by atoms with Crippen LogP contribution in [0.2, 0.25) is 0 Å². The van der Waals surface area contributed by atoms with Crippen molar-refractivity contribution in [3.63, 3.8) is 0 Å². The van der Waals surface area contributed by atoms with E-state index < -0.39 is 5.60 Å². The summed E-state index contributed by atoms with van der Waals surface area (Å²) in [6.07, 6.45) is 2.71. The lowest BCUT2D eigenvalue weighted by molar-refractivity contribution is -0.0265. The molecule has 7 heteroatoms. The molecule has 7 nitrogen and oxygen atoms in total.